The zero-order valence-electron chi connectivity index (χ0n) is 12.5. The van der Waals surface area contributed by atoms with Gasteiger partial charge in [-0.05, 0) is 38.4 Å². The molecule has 0 unspecified atom stereocenters. The van der Waals surface area contributed by atoms with Crippen LogP contribution in [0.5, 0.6) is 11.9 Å². The number of rotatable bonds is 6. The van der Waals surface area contributed by atoms with Crippen molar-refractivity contribution in [3.05, 3.63) is 29.2 Å². The highest BCUT2D eigenvalue weighted by Gasteiger charge is 2.12. The van der Waals surface area contributed by atoms with Crippen LogP contribution in [0.15, 0.2) is 12.4 Å². The summed E-state index contributed by atoms with van der Waals surface area (Å²) in [5.41, 5.74) is 3.14. The standard InChI is InChI=1S/C14H21N5O/c1-5-6-15-8-12-10(2)7-11(3)17-13(12)20-14-16-9-19(4)18-14/h7,9,15H,5-6,8H2,1-4H3. The van der Waals surface area contributed by atoms with Gasteiger partial charge in [-0.3, -0.25) is 4.68 Å². The normalized spacial score (nSPS) is 10.8. The van der Waals surface area contributed by atoms with Crippen molar-refractivity contribution >= 4 is 0 Å². The van der Waals surface area contributed by atoms with Crippen LogP contribution in [0, 0.1) is 13.8 Å². The molecule has 0 aliphatic heterocycles. The maximum absolute atomic E-state index is 5.73. The Labute approximate surface area is 119 Å². The van der Waals surface area contributed by atoms with Crippen LogP contribution >= 0.6 is 0 Å². The monoisotopic (exact) mass is 275 g/mol. The molecule has 0 saturated carbocycles. The summed E-state index contributed by atoms with van der Waals surface area (Å²) in [6.45, 7) is 7.86. The van der Waals surface area contributed by atoms with E-state index in [2.05, 4.69) is 40.3 Å². The lowest BCUT2D eigenvalue weighted by molar-refractivity contribution is 0.413. The quantitative estimate of drug-likeness (QED) is 0.818. The smallest absolute Gasteiger partial charge is 0.342 e. The highest BCUT2D eigenvalue weighted by molar-refractivity contribution is 5.37. The van der Waals surface area contributed by atoms with Crippen molar-refractivity contribution in [3.8, 4) is 11.9 Å². The van der Waals surface area contributed by atoms with Crippen LogP contribution in [0.3, 0.4) is 0 Å². The largest absolute Gasteiger partial charge is 0.404 e. The first kappa shape index (κ1) is 14.5. The fourth-order valence-electron chi connectivity index (χ4n) is 1.97. The average molecular weight is 275 g/mol. The van der Waals surface area contributed by atoms with Crippen LogP contribution in [-0.2, 0) is 13.6 Å². The van der Waals surface area contributed by atoms with Crippen molar-refractivity contribution in [2.75, 3.05) is 6.54 Å². The Balaban J connectivity index is 2.24. The van der Waals surface area contributed by atoms with E-state index in [1.54, 1.807) is 18.1 Å². The number of aromatic nitrogens is 4. The molecule has 0 atom stereocenters. The zero-order valence-corrected chi connectivity index (χ0v) is 12.5. The number of aryl methyl sites for hydroxylation is 3. The summed E-state index contributed by atoms with van der Waals surface area (Å²) in [6, 6.07) is 2.38. The Morgan fingerprint density at radius 3 is 2.80 bits per heavy atom. The second-order valence-corrected chi connectivity index (χ2v) is 4.84. The summed E-state index contributed by atoms with van der Waals surface area (Å²) >= 11 is 0. The maximum atomic E-state index is 5.73. The second kappa shape index (κ2) is 6.47. The van der Waals surface area contributed by atoms with Gasteiger partial charge in [-0.1, -0.05) is 6.92 Å². The number of pyridine rings is 1. The molecule has 0 bridgehead atoms. The lowest BCUT2D eigenvalue weighted by atomic mass is 10.1. The average Bonchev–Trinajstić information content (AvgIpc) is 2.78. The number of nitrogens with one attached hydrogen (secondary N) is 1. The Bertz CT molecular complexity index is 579. The first-order chi connectivity index (χ1) is 9.60. The molecule has 0 amide bonds. The fraction of sp³-hybridized carbons (Fsp3) is 0.500. The van der Waals surface area contributed by atoms with Crippen molar-refractivity contribution in [1.82, 2.24) is 25.1 Å². The van der Waals surface area contributed by atoms with Crippen LogP contribution in [0.4, 0.5) is 0 Å². The van der Waals surface area contributed by atoms with Crippen LogP contribution in [0.1, 0.15) is 30.2 Å². The highest BCUT2D eigenvalue weighted by Crippen LogP contribution is 2.24. The number of hydrogen-bond acceptors (Lipinski definition) is 5. The molecule has 6 nitrogen and oxygen atoms in total. The van der Waals surface area contributed by atoms with Gasteiger partial charge < -0.3 is 10.1 Å². The van der Waals surface area contributed by atoms with Gasteiger partial charge in [-0.2, -0.15) is 4.98 Å². The molecule has 0 spiro atoms. The summed E-state index contributed by atoms with van der Waals surface area (Å²) in [4.78, 5) is 8.54. The van der Waals surface area contributed by atoms with Gasteiger partial charge in [0.1, 0.15) is 6.33 Å². The minimum absolute atomic E-state index is 0.321. The van der Waals surface area contributed by atoms with Crippen LogP contribution in [0.25, 0.3) is 0 Å². The van der Waals surface area contributed by atoms with E-state index in [0.29, 0.717) is 11.9 Å². The van der Waals surface area contributed by atoms with Gasteiger partial charge >= 0.3 is 6.01 Å². The third-order valence-corrected chi connectivity index (χ3v) is 2.93. The summed E-state index contributed by atoms with van der Waals surface area (Å²) < 4.78 is 7.33. The predicted molar refractivity (Wildman–Crippen MR) is 76.8 cm³/mol. The van der Waals surface area contributed by atoms with Gasteiger partial charge in [-0.15, -0.1) is 5.10 Å². The lowest BCUT2D eigenvalue weighted by Crippen LogP contribution is -2.16. The molecule has 2 aromatic rings. The van der Waals surface area contributed by atoms with Crippen molar-refractivity contribution in [1.29, 1.82) is 0 Å². The molecule has 1 N–H and O–H groups in total. The third kappa shape index (κ3) is 3.54. The van der Waals surface area contributed by atoms with E-state index in [9.17, 15) is 0 Å². The molecule has 0 aromatic carbocycles. The van der Waals surface area contributed by atoms with Crippen molar-refractivity contribution < 1.29 is 4.74 Å². The van der Waals surface area contributed by atoms with Gasteiger partial charge in [0, 0.05) is 24.8 Å². The zero-order chi connectivity index (χ0) is 14.5. The first-order valence-corrected chi connectivity index (χ1v) is 6.81. The molecular weight excluding hydrogens is 254 g/mol. The molecule has 0 radical (unpaired) electrons. The van der Waals surface area contributed by atoms with E-state index in [-0.39, 0.29) is 0 Å². The summed E-state index contributed by atoms with van der Waals surface area (Å²) in [7, 11) is 1.80. The molecule has 2 aromatic heterocycles. The molecule has 108 valence electrons. The van der Waals surface area contributed by atoms with Gasteiger partial charge in [0.2, 0.25) is 5.88 Å². The van der Waals surface area contributed by atoms with Gasteiger partial charge in [0.25, 0.3) is 0 Å². The van der Waals surface area contributed by atoms with Gasteiger partial charge in [-0.25, -0.2) is 4.98 Å². The Morgan fingerprint density at radius 2 is 2.15 bits per heavy atom. The molecule has 0 aliphatic carbocycles. The number of nitrogens with zero attached hydrogens (tertiary/aromatic N) is 4. The Hall–Kier alpha value is -1.95. The lowest BCUT2D eigenvalue weighted by Gasteiger charge is -2.12. The molecular formula is C14H21N5O. The molecule has 0 saturated heterocycles. The van der Waals surface area contributed by atoms with E-state index in [1.807, 2.05) is 6.92 Å². The Morgan fingerprint density at radius 1 is 1.35 bits per heavy atom. The van der Waals surface area contributed by atoms with Crippen molar-refractivity contribution in [2.45, 2.75) is 33.7 Å². The summed E-state index contributed by atoms with van der Waals surface area (Å²) in [5, 5.41) is 7.50. The third-order valence-electron chi connectivity index (χ3n) is 2.93. The topological polar surface area (TPSA) is 64.9 Å². The van der Waals surface area contributed by atoms with Crippen LogP contribution in [0.2, 0.25) is 0 Å². The van der Waals surface area contributed by atoms with Crippen molar-refractivity contribution in [2.24, 2.45) is 7.05 Å². The second-order valence-electron chi connectivity index (χ2n) is 4.84. The highest BCUT2D eigenvalue weighted by atomic mass is 16.5. The molecule has 0 aliphatic rings. The molecule has 2 rings (SSSR count). The van der Waals surface area contributed by atoms with Crippen molar-refractivity contribution in [3.63, 3.8) is 0 Å². The molecule has 6 heteroatoms. The summed E-state index contributed by atoms with van der Waals surface area (Å²) in [5.74, 6) is 0.581. The van der Waals surface area contributed by atoms with E-state index >= 15 is 0 Å². The van der Waals surface area contributed by atoms with E-state index in [4.69, 9.17) is 4.74 Å². The maximum Gasteiger partial charge on any atom is 0.342 e. The van der Waals surface area contributed by atoms with E-state index < -0.39 is 0 Å². The van der Waals surface area contributed by atoms with E-state index in [1.165, 1.54) is 0 Å². The van der Waals surface area contributed by atoms with Gasteiger partial charge in [0.15, 0.2) is 0 Å². The predicted octanol–water partition coefficient (Wildman–Crippen LogP) is 2.12. The minimum atomic E-state index is 0.321. The molecule has 2 heterocycles. The van der Waals surface area contributed by atoms with Crippen LogP contribution in [-0.4, -0.2) is 26.3 Å². The summed E-state index contributed by atoms with van der Waals surface area (Å²) in [6.07, 6.45) is 2.70. The van der Waals surface area contributed by atoms with E-state index in [0.717, 1.165) is 36.3 Å². The number of hydrogen-bond donors (Lipinski definition) is 1. The Kier molecular flexibility index (Phi) is 4.68. The minimum Gasteiger partial charge on any atom is -0.404 e. The number of ether oxygens (including phenoxy) is 1. The fourth-order valence-corrected chi connectivity index (χ4v) is 1.97. The van der Waals surface area contributed by atoms with Crippen LogP contribution < -0.4 is 10.1 Å². The van der Waals surface area contributed by atoms with Gasteiger partial charge in [0.05, 0.1) is 0 Å². The molecule has 0 fully saturated rings. The SMILES string of the molecule is CCCNCc1c(C)cc(C)nc1Oc1ncn(C)n1. The molecule has 20 heavy (non-hydrogen) atoms. The first-order valence-electron chi connectivity index (χ1n) is 6.81.